The number of esters is 1. The molecule has 3 aromatic carbocycles. The molecule has 0 radical (unpaired) electrons. The highest BCUT2D eigenvalue weighted by molar-refractivity contribution is 7.93. The van der Waals surface area contributed by atoms with Crippen LogP contribution in [0.3, 0.4) is 0 Å². The maximum Gasteiger partial charge on any atom is 0.338 e. The molecular weight excluding hydrogens is 621 g/mol. The summed E-state index contributed by atoms with van der Waals surface area (Å²) in [5.74, 6) is -1.75. The number of amides is 1. The number of nitrogens with zero attached hydrogens (tertiary/aromatic N) is 3. The van der Waals surface area contributed by atoms with E-state index < -0.39 is 43.3 Å². The van der Waals surface area contributed by atoms with E-state index in [1.165, 1.54) is 28.6 Å². The molecule has 0 saturated heterocycles. The van der Waals surface area contributed by atoms with Crippen molar-refractivity contribution < 1.29 is 36.1 Å². The van der Waals surface area contributed by atoms with Crippen LogP contribution in [-0.2, 0) is 35.8 Å². The Kier molecular flexibility index (Phi) is 8.25. The van der Waals surface area contributed by atoms with Crippen LogP contribution >= 0.6 is 11.3 Å². The Labute approximate surface area is 249 Å². The van der Waals surface area contributed by atoms with Gasteiger partial charge in [-0.1, -0.05) is 35.6 Å². The highest BCUT2D eigenvalue weighted by Crippen LogP contribution is 2.32. The molecular formula is C27H22N4O9S3. The lowest BCUT2D eigenvalue weighted by atomic mass is 10.0. The van der Waals surface area contributed by atoms with E-state index in [0.29, 0.717) is 30.0 Å². The average molecular weight is 643 g/mol. The number of fused-ring (bicyclic) bond motifs is 1. The molecule has 1 aromatic heterocycles. The lowest BCUT2D eigenvalue weighted by Crippen LogP contribution is -2.35. The number of sulfone groups is 1. The minimum Gasteiger partial charge on any atom is -0.452 e. The first kappa shape index (κ1) is 29.8. The number of thiazole rings is 1. The molecule has 16 heteroatoms. The van der Waals surface area contributed by atoms with Crippen LogP contribution in [0.15, 0.2) is 93.0 Å². The number of hydrogen-bond acceptors (Lipinski definition) is 11. The van der Waals surface area contributed by atoms with Crippen molar-refractivity contribution in [2.24, 2.45) is 0 Å². The molecule has 1 N–H and O–H groups in total. The number of non-ortho nitro benzene ring substituents is 1. The van der Waals surface area contributed by atoms with E-state index in [4.69, 9.17) is 4.74 Å². The van der Waals surface area contributed by atoms with Crippen molar-refractivity contribution in [1.82, 2.24) is 4.98 Å². The normalized spacial score (nSPS) is 13.2. The number of nitro benzene ring substituents is 1. The van der Waals surface area contributed by atoms with Gasteiger partial charge in [0.15, 0.2) is 11.7 Å². The fourth-order valence-electron chi connectivity index (χ4n) is 4.33. The molecule has 0 bridgehead atoms. The largest absolute Gasteiger partial charge is 0.452 e. The van der Waals surface area contributed by atoms with Gasteiger partial charge in [0, 0.05) is 18.7 Å². The Morgan fingerprint density at radius 2 is 1.74 bits per heavy atom. The van der Waals surface area contributed by atoms with Gasteiger partial charge in [0.2, 0.25) is 9.84 Å². The molecule has 1 aliphatic heterocycles. The topological polar surface area (TPSA) is 183 Å². The molecule has 0 aliphatic carbocycles. The number of hydrogen-bond donors (Lipinski definition) is 1. The van der Waals surface area contributed by atoms with Crippen LogP contribution in [0.4, 0.5) is 16.5 Å². The predicted octanol–water partition coefficient (Wildman–Crippen LogP) is 3.82. The lowest BCUT2D eigenvalue weighted by molar-refractivity contribution is -0.384. The summed E-state index contributed by atoms with van der Waals surface area (Å²) in [6.07, 6.45) is 2.43. The highest BCUT2D eigenvalue weighted by atomic mass is 32.2. The van der Waals surface area contributed by atoms with Crippen molar-refractivity contribution >= 4 is 59.6 Å². The van der Waals surface area contributed by atoms with Gasteiger partial charge in [-0.15, -0.1) is 0 Å². The first-order valence-corrected chi connectivity index (χ1v) is 16.3. The number of anilines is 2. The van der Waals surface area contributed by atoms with Crippen LogP contribution < -0.4 is 9.62 Å². The molecule has 13 nitrogen and oxygen atoms in total. The molecule has 4 aromatic rings. The van der Waals surface area contributed by atoms with E-state index in [0.717, 1.165) is 42.4 Å². The first-order valence-electron chi connectivity index (χ1n) is 12.6. The summed E-state index contributed by atoms with van der Waals surface area (Å²) in [5, 5.41) is 13.1. The molecule has 2 heterocycles. The molecule has 43 heavy (non-hydrogen) atoms. The number of nitrogens with one attached hydrogen (secondary N) is 1. The van der Waals surface area contributed by atoms with Gasteiger partial charge in [-0.3, -0.25) is 24.5 Å². The van der Waals surface area contributed by atoms with Gasteiger partial charge in [0.1, 0.15) is 4.21 Å². The van der Waals surface area contributed by atoms with E-state index in [1.807, 2.05) is 12.1 Å². The van der Waals surface area contributed by atoms with Crippen LogP contribution in [-0.4, -0.2) is 51.8 Å². The van der Waals surface area contributed by atoms with Gasteiger partial charge in [-0.05, 0) is 54.8 Å². The van der Waals surface area contributed by atoms with Crippen LogP contribution in [0.5, 0.6) is 0 Å². The summed E-state index contributed by atoms with van der Waals surface area (Å²) >= 11 is 0.641. The second-order valence-corrected chi connectivity index (χ2v) is 14.3. The molecule has 0 atom stereocenters. The minimum atomic E-state index is -4.05. The fourth-order valence-corrected chi connectivity index (χ4v) is 8.37. The summed E-state index contributed by atoms with van der Waals surface area (Å²) in [6, 6.07) is 16.8. The fraction of sp³-hybridized carbons (Fsp3) is 0.148. The zero-order chi connectivity index (χ0) is 30.8. The first-order chi connectivity index (χ1) is 20.5. The molecule has 1 aliphatic rings. The number of sulfonamides is 1. The summed E-state index contributed by atoms with van der Waals surface area (Å²) in [7, 11) is -8.03. The van der Waals surface area contributed by atoms with Crippen molar-refractivity contribution in [2.45, 2.75) is 26.8 Å². The minimum absolute atomic E-state index is 0.0788. The Morgan fingerprint density at radius 3 is 2.49 bits per heavy atom. The Hall–Kier alpha value is -4.67. The summed E-state index contributed by atoms with van der Waals surface area (Å²) in [5.41, 5.74) is 1.15. The third-order valence-electron chi connectivity index (χ3n) is 6.41. The molecule has 0 spiro atoms. The van der Waals surface area contributed by atoms with Crippen molar-refractivity contribution in [3.05, 3.63) is 100 Å². The van der Waals surface area contributed by atoms with Crippen molar-refractivity contribution in [3.63, 3.8) is 0 Å². The second kappa shape index (κ2) is 11.9. The number of nitro groups is 1. The standard InChI is InChI=1S/C27H22N4O9S3/c32-24(29-27-28-16-25(41-27)42(36,37)21-12-10-20(11-13-21)31(34)35)17-40-26(33)19-6-3-8-22(15-19)43(38,39)30-14-4-7-18-5-1-2-9-23(18)30/h1-3,5-6,8-13,15-16H,4,7,14,17H2,(H,28,29,32). The van der Waals surface area contributed by atoms with Crippen molar-refractivity contribution in [1.29, 1.82) is 0 Å². The number of aryl methyl sites for hydroxylation is 1. The summed E-state index contributed by atoms with van der Waals surface area (Å²) in [4.78, 5) is 38.8. The summed E-state index contributed by atoms with van der Waals surface area (Å²) < 4.78 is 58.6. The number of carbonyl (C=O) groups excluding carboxylic acids is 2. The Balaban J connectivity index is 1.22. The van der Waals surface area contributed by atoms with E-state index >= 15 is 0 Å². The number of para-hydroxylation sites is 1. The maximum atomic E-state index is 13.4. The van der Waals surface area contributed by atoms with Crippen molar-refractivity contribution in [3.8, 4) is 0 Å². The van der Waals surface area contributed by atoms with Gasteiger partial charge in [0.25, 0.3) is 21.6 Å². The average Bonchev–Trinajstić information content (AvgIpc) is 3.49. The quantitative estimate of drug-likeness (QED) is 0.160. The van der Waals surface area contributed by atoms with E-state index in [1.54, 1.807) is 12.1 Å². The second-order valence-electron chi connectivity index (χ2n) is 9.20. The predicted molar refractivity (Wildman–Crippen MR) is 155 cm³/mol. The van der Waals surface area contributed by atoms with Gasteiger partial charge in [0.05, 0.1) is 32.2 Å². The van der Waals surface area contributed by atoms with E-state index in [2.05, 4.69) is 10.3 Å². The number of ether oxygens (including phenoxy) is 1. The Morgan fingerprint density at radius 1 is 1.00 bits per heavy atom. The zero-order valence-corrected chi connectivity index (χ0v) is 24.5. The third kappa shape index (κ3) is 6.25. The SMILES string of the molecule is O=C(COC(=O)c1cccc(S(=O)(=O)N2CCCc3ccccc32)c1)Nc1ncc(S(=O)(=O)c2ccc([N+](=O)[O-])cc2)s1. The lowest BCUT2D eigenvalue weighted by Gasteiger charge is -2.30. The van der Waals surface area contributed by atoms with E-state index in [-0.39, 0.29) is 30.4 Å². The van der Waals surface area contributed by atoms with Gasteiger partial charge < -0.3 is 4.74 Å². The van der Waals surface area contributed by atoms with E-state index in [9.17, 15) is 36.5 Å². The van der Waals surface area contributed by atoms with Crippen LogP contribution in [0, 0.1) is 10.1 Å². The Bertz CT molecular complexity index is 1940. The van der Waals surface area contributed by atoms with Gasteiger partial charge >= 0.3 is 5.97 Å². The monoisotopic (exact) mass is 642 g/mol. The third-order valence-corrected chi connectivity index (χ3v) is 11.4. The van der Waals surface area contributed by atoms with Crippen molar-refractivity contribution in [2.75, 3.05) is 22.8 Å². The molecule has 222 valence electrons. The van der Waals surface area contributed by atoms with Gasteiger partial charge in [-0.25, -0.2) is 26.6 Å². The number of rotatable bonds is 9. The molecule has 5 rings (SSSR count). The molecule has 0 saturated carbocycles. The summed E-state index contributed by atoms with van der Waals surface area (Å²) in [6.45, 7) is -0.457. The number of aromatic nitrogens is 1. The zero-order valence-electron chi connectivity index (χ0n) is 22.1. The molecule has 0 fully saturated rings. The van der Waals surface area contributed by atoms with Crippen LogP contribution in [0.1, 0.15) is 22.3 Å². The van der Waals surface area contributed by atoms with Crippen LogP contribution in [0.2, 0.25) is 0 Å². The number of benzene rings is 3. The van der Waals surface area contributed by atoms with Gasteiger partial charge in [-0.2, -0.15) is 0 Å². The van der Waals surface area contributed by atoms with Crippen LogP contribution in [0.25, 0.3) is 0 Å². The molecule has 1 amide bonds. The maximum absolute atomic E-state index is 13.4. The highest BCUT2D eigenvalue weighted by Gasteiger charge is 2.29. The number of carbonyl (C=O) groups is 2. The smallest absolute Gasteiger partial charge is 0.338 e. The molecule has 0 unspecified atom stereocenters.